The smallest absolute Gasteiger partial charge is 0.266 e. The fourth-order valence-corrected chi connectivity index (χ4v) is 3.50. The second kappa shape index (κ2) is 6.99. The number of aromatic nitrogens is 2. The van der Waals surface area contributed by atoms with Crippen LogP contribution < -0.4 is 5.32 Å². The van der Waals surface area contributed by atoms with Gasteiger partial charge in [-0.2, -0.15) is 5.26 Å². The van der Waals surface area contributed by atoms with Crippen molar-refractivity contribution in [2.24, 2.45) is 5.92 Å². The maximum atomic E-state index is 12.5. The van der Waals surface area contributed by atoms with Crippen LogP contribution in [-0.2, 0) is 6.42 Å². The molecule has 5 nitrogen and oxygen atoms in total. The largest absolute Gasteiger partial charge is 0.333 e. The Hall–Kier alpha value is -1.48. The second-order valence-corrected chi connectivity index (χ2v) is 6.55. The molecule has 1 aliphatic rings. The molecule has 0 radical (unpaired) electrons. The zero-order valence-electron chi connectivity index (χ0n) is 12.7. The van der Waals surface area contributed by atoms with E-state index in [1.54, 1.807) is 0 Å². The van der Waals surface area contributed by atoms with E-state index in [-0.39, 0.29) is 5.91 Å². The molecular formula is C15H22N4OS. The van der Waals surface area contributed by atoms with Gasteiger partial charge in [0.25, 0.3) is 5.91 Å². The first-order chi connectivity index (χ1) is 10.1. The zero-order chi connectivity index (χ0) is 15.3. The minimum absolute atomic E-state index is 0.190. The van der Waals surface area contributed by atoms with Crippen LogP contribution in [-0.4, -0.2) is 21.0 Å². The standard InChI is InChI=1S/C15H22N4OS/c1-3-5-12-13(21-19-18-12)14(20)17-15(10-16)8-6-11(4-2)7-9-15/h11H,3-9H2,1-2H3,(H,17,20). The first-order valence-corrected chi connectivity index (χ1v) is 8.46. The van der Waals surface area contributed by atoms with Gasteiger partial charge in [0, 0.05) is 0 Å². The van der Waals surface area contributed by atoms with Crippen molar-refractivity contribution in [3.63, 3.8) is 0 Å². The molecule has 2 rings (SSSR count). The van der Waals surface area contributed by atoms with E-state index in [1.807, 2.05) is 6.92 Å². The quantitative estimate of drug-likeness (QED) is 0.906. The molecule has 21 heavy (non-hydrogen) atoms. The highest BCUT2D eigenvalue weighted by Gasteiger charge is 2.37. The van der Waals surface area contributed by atoms with Crippen LogP contribution in [0.2, 0.25) is 0 Å². The maximum Gasteiger partial charge on any atom is 0.266 e. The van der Waals surface area contributed by atoms with Gasteiger partial charge in [0.15, 0.2) is 0 Å². The van der Waals surface area contributed by atoms with E-state index in [9.17, 15) is 10.1 Å². The predicted octanol–water partition coefficient (Wildman–Crippen LogP) is 3.08. The zero-order valence-corrected chi connectivity index (χ0v) is 13.5. The molecule has 0 aromatic carbocycles. The van der Waals surface area contributed by atoms with Crippen LogP contribution in [0.4, 0.5) is 0 Å². The van der Waals surface area contributed by atoms with E-state index in [0.29, 0.717) is 10.8 Å². The van der Waals surface area contributed by atoms with Crippen LogP contribution in [0.5, 0.6) is 0 Å². The van der Waals surface area contributed by atoms with Gasteiger partial charge in [-0.15, -0.1) is 5.10 Å². The van der Waals surface area contributed by atoms with Crippen molar-refractivity contribution < 1.29 is 4.79 Å². The Bertz CT molecular complexity index is 526. The summed E-state index contributed by atoms with van der Waals surface area (Å²) in [5, 5.41) is 16.5. The van der Waals surface area contributed by atoms with E-state index in [4.69, 9.17) is 0 Å². The van der Waals surface area contributed by atoms with Crippen LogP contribution in [0.15, 0.2) is 0 Å². The Morgan fingerprint density at radius 2 is 2.19 bits per heavy atom. The van der Waals surface area contributed by atoms with Gasteiger partial charge in [-0.05, 0) is 49.6 Å². The van der Waals surface area contributed by atoms with Gasteiger partial charge in [-0.1, -0.05) is 31.2 Å². The molecule has 1 aromatic heterocycles. The highest BCUT2D eigenvalue weighted by molar-refractivity contribution is 7.08. The summed E-state index contributed by atoms with van der Waals surface area (Å²) in [5.41, 5.74) is 0.0336. The number of carbonyl (C=O) groups is 1. The van der Waals surface area contributed by atoms with Gasteiger partial charge in [-0.3, -0.25) is 4.79 Å². The molecular weight excluding hydrogens is 284 g/mol. The lowest BCUT2D eigenvalue weighted by Gasteiger charge is -2.35. The lowest BCUT2D eigenvalue weighted by atomic mass is 9.76. The Labute approximate surface area is 129 Å². The number of nitrogens with zero attached hydrogens (tertiary/aromatic N) is 3. The van der Waals surface area contributed by atoms with Crippen LogP contribution in [0.1, 0.15) is 67.7 Å². The molecule has 1 heterocycles. The van der Waals surface area contributed by atoms with Crippen molar-refractivity contribution in [2.75, 3.05) is 0 Å². The molecule has 1 aromatic rings. The lowest BCUT2D eigenvalue weighted by Crippen LogP contribution is -2.49. The number of carbonyl (C=O) groups excluding carboxylic acids is 1. The summed E-state index contributed by atoms with van der Waals surface area (Å²) in [6, 6.07) is 2.34. The van der Waals surface area contributed by atoms with Gasteiger partial charge >= 0.3 is 0 Å². The van der Waals surface area contributed by atoms with E-state index >= 15 is 0 Å². The minimum atomic E-state index is -0.712. The van der Waals surface area contributed by atoms with Crippen LogP contribution >= 0.6 is 11.5 Å². The lowest BCUT2D eigenvalue weighted by molar-refractivity contribution is 0.0894. The number of hydrogen-bond acceptors (Lipinski definition) is 5. The summed E-state index contributed by atoms with van der Waals surface area (Å²) in [6.07, 6.45) is 6.31. The summed E-state index contributed by atoms with van der Waals surface area (Å²) >= 11 is 1.12. The van der Waals surface area contributed by atoms with E-state index in [1.165, 1.54) is 0 Å². The monoisotopic (exact) mass is 306 g/mol. The number of nitrogens with one attached hydrogen (secondary N) is 1. The number of hydrogen-bond donors (Lipinski definition) is 1. The van der Waals surface area contributed by atoms with Crippen molar-refractivity contribution in [2.45, 2.75) is 64.3 Å². The molecule has 1 amide bonds. The van der Waals surface area contributed by atoms with E-state index < -0.39 is 5.54 Å². The number of rotatable bonds is 5. The second-order valence-electron chi connectivity index (χ2n) is 5.80. The summed E-state index contributed by atoms with van der Waals surface area (Å²) in [4.78, 5) is 13.0. The van der Waals surface area contributed by atoms with Gasteiger partial charge in [0.05, 0.1) is 11.8 Å². The molecule has 1 fully saturated rings. The molecule has 1 aliphatic carbocycles. The third-order valence-corrected chi connectivity index (χ3v) is 5.12. The topological polar surface area (TPSA) is 78.7 Å². The van der Waals surface area contributed by atoms with Gasteiger partial charge in [-0.25, -0.2) is 0 Å². The summed E-state index contributed by atoms with van der Waals surface area (Å²) in [7, 11) is 0. The molecule has 0 bridgehead atoms. The molecule has 0 saturated heterocycles. The average molecular weight is 306 g/mol. The van der Waals surface area contributed by atoms with Crippen LogP contribution in [0.25, 0.3) is 0 Å². The minimum Gasteiger partial charge on any atom is -0.333 e. The van der Waals surface area contributed by atoms with Crippen LogP contribution in [0.3, 0.4) is 0 Å². The first kappa shape index (κ1) is 15.9. The third kappa shape index (κ3) is 3.59. The Kier molecular flexibility index (Phi) is 5.29. The van der Waals surface area contributed by atoms with Gasteiger partial charge < -0.3 is 5.32 Å². The van der Waals surface area contributed by atoms with Crippen molar-refractivity contribution in [3.05, 3.63) is 10.6 Å². The van der Waals surface area contributed by atoms with E-state index in [2.05, 4.69) is 27.9 Å². The molecule has 0 aliphatic heterocycles. The molecule has 0 atom stereocenters. The van der Waals surface area contributed by atoms with Crippen molar-refractivity contribution in [1.29, 1.82) is 5.26 Å². The van der Waals surface area contributed by atoms with Crippen LogP contribution in [0, 0.1) is 17.2 Å². The number of nitriles is 1. The fourth-order valence-electron chi connectivity index (χ4n) is 2.90. The summed E-state index contributed by atoms with van der Waals surface area (Å²) in [5.74, 6) is 0.494. The molecule has 114 valence electrons. The van der Waals surface area contributed by atoms with Gasteiger partial charge in [0.2, 0.25) is 0 Å². The van der Waals surface area contributed by atoms with E-state index in [0.717, 1.165) is 62.2 Å². The van der Waals surface area contributed by atoms with Gasteiger partial charge in [0.1, 0.15) is 10.4 Å². The van der Waals surface area contributed by atoms with Crippen molar-refractivity contribution in [3.8, 4) is 6.07 Å². The molecule has 1 N–H and O–H groups in total. The molecule has 0 spiro atoms. The van der Waals surface area contributed by atoms with Crippen molar-refractivity contribution >= 4 is 17.4 Å². The SMILES string of the molecule is CCCc1nnsc1C(=O)NC1(C#N)CCC(CC)CC1. The number of amides is 1. The maximum absolute atomic E-state index is 12.5. The normalized spacial score (nSPS) is 25.3. The van der Waals surface area contributed by atoms with Crippen molar-refractivity contribution in [1.82, 2.24) is 14.9 Å². The predicted molar refractivity (Wildman–Crippen MR) is 82.0 cm³/mol. The third-order valence-electron chi connectivity index (χ3n) is 4.35. The Morgan fingerprint density at radius 1 is 1.48 bits per heavy atom. The molecule has 1 saturated carbocycles. The summed E-state index contributed by atoms with van der Waals surface area (Å²) in [6.45, 7) is 4.23. The highest BCUT2D eigenvalue weighted by Crippen LogP contribution is 2.33. The Morgan fingerprint density at radius 3 is 2.76 bits per heavy atom. The highest BCUT2D eigenvalue weighted by atomic mass is 32.1. The molecule has 0 unspecified atom stereocenters. The Balaban J connectivity index is 2.07. The fraction of sp³-hybridized carbons (Fsp3) is 0.733. The first-order valence-electron chi connectivity index (χ1n) is 7.69. The summed E-state index contributed by atoms with van der Waals surface area (Å²) < 4.78 is 3.88. The number of aryl methyl sites for hydroxylation is 1. The molecule has 6 heteroatoms. The average Bonchev–Trinajstić information content (AvgIpc) is 2.97.